The summed E-state index contributed by atoms with van der Waals surface area (Å²) in [6.45, 7) is 3.56. The average Bonchev–Trinajstić information content (AvgIpc) is 2.51. The minimum Gasteiger partial charge on any atom is -0.322 e. The first-order valence-corrected chi connectivity index (χ1v) is 6.17. The van der Waals surface area contributed by atoms with Crippen LogP contribution in [-0.2, 0) is 9.59 Å². The summed E-state index contributed by atoms with van der Waals surface area (Å²) in [5.41, 5.74) is 5.85. The molecule has 1 saturated heterocycles. The molecule has 0 spiro atoms. The van der Waals surface area contributed by atoms with Gasteiger partial charge in [0.05, 0.1) is 5.41 Å². The van der Waals surface area contributed by atoms with Crippen LogP contribution < -0.4 is 5.73 Å². The van der Waals surface area contributed by atoms with Gasteiger partial charge in [0, 0.05) is 19.0 Å². The van der Waals surface area contributed by atoms with Gasteiger partial charge in [-0.05, 0) is 17.7 Å². The van der Waals surface area contributed by atoms with Crippen LogP contribution in [0.3, 0.4) is 0 Å². The van der Waals surface area contributed by atoms with Crippen LogP contribution >= 0.6 is 0 Å². The van der Waals surface area contributed by atoms with E-state index in [0.29, 0.717) is 5.56 Å². The molecule has 1 aromatic carbocycles. The third kappa shape index (κ3) is 2.66. The van der Waals surface area contributed by atoms with Crippen LogP contribution in [0.4, 0.5) is 4.39 Å². The zero-order chi connectivity index (χ0) is 14.2. The molecule has 2 amide bonds. The Morgan fingerprint density at radius 1 is 1.42 bits per heavy atom. The fraction of sp³-hybridized carbons (Fsp3) is 0.429. The molecule has 0 bridgehead atoms. The molecule has 0 radical (unpaired) electrons. The summed E-state index contributed by atoms with van der Waals surface area (Å²) in [7, 11) is 0. The quantitative estimate of drug-likeness (QED) is 0.844. The number of nitrogens with zero attached hydrogens (tertiary/aromatic N) is 1. The molecule has 2 rings (SSSR count). The third-order valence-corrected chi connectivity index (χ3v) is 3.37. The number of likely N-dealkylation sites (tertiary alicyclic amines) is 1. The van der Waals surface area contributed by atoms with E-state index >= 15 is 0 Å². The smallest absolute Gasteiger partial charge is 0.235 e. The van der Waals surface area contributed by atoms with E-state index in [2.05, 4.69) is 0 Å². The van der Waals surface area contributed by atoms with Gasteiger partial charge in [0.15, 0.2) is 0 Å². The summed E-state index contributed by atoms with van der Waals surface area (Å²) in [6, 6.07) is 5.32. The average molecular weight is 264 g/mol. The Balaban J connectivity index is 2.14. The highest BCUT2D eigenvalue weighted by Gasteiger charge is 2.45. The molecule has 1 aliphatic rings. The highest BCUT2D eigenvalue weighted by atomic mass is 19.1. The van der Waals surface area contributed by atoms with E-state index < -0.39 is 11.5 Å². The molecule has 1 unspecified atom stereocenters. The predicted molar refractivity (Wildman–Crippen MR) is 68.4 cm³/mol. The van der Waals surface area contributed by atoms with Crippen LogP contribution in [0.2, 0.25) is 0 Å². The summed E-state index contributed by atoms with van der Waals surface area (Å²) in [6.07, 6.45) is 0.196. The second-order valence-electron chi connectivity index (χ2n) is 5.53. The van der Waals surface area contributed by atoms with Gasteiger partial charge < -0.3 is 5.73 Å². The molecule has 1 aliphatic heterocycles. The summed E-state index contributed by atoms with van der Waals surface area (Å²) < 4.78 is 13.1. The van der Waals surface area contributed by atoms with Crippen molar-refractivity contribution >= 4 is 11.8 Å². The van der Waals surface area contributed by atoms with E-state index in [1.54, 1.807) is 26.0 Å². The first-order valence-electron chi connectivity index (χ1n) is 6.17. The van der Waals surface area contributed by atoms with E-state index in [9.17, 15) is 14.0 Å². The van der Waals surface area contributed by atoms with Crippen molar-refractivity contribution in [2.75, 3.05) is 6.54 Å². The Morgan fingerprint density at radius 3 is 2.63 bits per heavy atom. The second-order valence-corrected chi connectivity index (χ2v) is 5.53. The lowest BCUT2D eigenvalue weighted by Crippen LogP contribution is -2.38. The molecule has 5 heteroatoms. The molecular weight excluding hydrogens is 247 g/mol. The maximum atomic E-state index is 13.1. The predicted octanol–water partition coefficient (Wildman–Crippen LogP) is 1.61. The Bertz CT molecular complexity index is 528. The standard InChI is InChI=1S/C14H17FN2O2/c1-14(2)7-12(18)17(13(14)19)8-11(16)9-4-3-5-10(15)6-9/h3-6,11H,7-8,16H2,1-2H3. The minimum atomic E-state index is -0.668. The van der Waals surface area contributed by atoms with Gasteiger partial charge in [0.2, 0.25) is 11.8 Å². The number of carbonyl (C=O) groups excluding carboxylic acids is 2. The van der Waals surface area contributed by atoms with Crippen LogP contribution in [0, 0.1) is 11.2 Å². The highest BCUT2D eigenvalue weighted by Crippen LogP contribution is 2.32. The van der Waals surface area contributed by atoms with E-state index in [-0.39, 0.29) is 30.6 Å². The van der Waals surface area contributed by atoms with Crippen molar-refractivity contribution in [2.24, 2.45) is 11.1 Å². The number of hydrogen-bond donors (Lipinski definition) is 1. The van der Waals surface area contributed by atoms with Crippen molar-refractivity contribution < 1.29 is 14.0 Å². The summed E-state index contributed by atoms with van der Waals surface area (Å²) in [4.78, 5) is 25.0. The minimum absolute atomic E-state index is 0.0878. The molecule has 0 saturated carbocycles. The van der Waals surface area contributed by atoms with Crippen molar-refractivity contribution in [1.29, 1.82) is 0 Å². The lowest BCUT2D eigenvalue weighted by molar-refractivity contribution is -0.141. The molecule has 2 N–H and O–H groups in total. The van der Waals surface area contributed by atoms with Crippen molar-refractivity contribution in [3.05, 3.63) is 35.6 Å². The molecule has 1 atom stereocenters. The zero-order valence-electron chi connectivity index (χ0n) is 11.0. The van der Waals surface area contributed by atoms with Gasteiger partial charge >= 0.3 is 0 Å². The Morgan fingerprint density at radius 2 is 2.11 bits per heavy atom. The Labute approximate surface area is 111 Å². The molecule has 0 aliphatic carbocycles. The van der Waals surface area contributed by atoms with Crippen LogP contribution in [0.5, 0.6) is 0 Å². The van der Waals surface area contributed by atoms with Gasteiger partial charge in [-0.25, -0.2) is 4.39 Å². The molecule has 102 valence electrons. The number of imide groups is 1. The number of carbonyl (C=O) groups is 2. The fourth-order valence-electron chi connectivity index (χ4n) is 2.25. The third-order valence-electron chi connectivity index (χ3n) is 3.37. The van der Waals surface area contributed by atoms with E-state index in [4.69, 9.17) is 5.73 Å². The number of amides is 2. The van der Waals surface area contributed by atoms with Crippen LogP contribution in [-0.4, -0.2) is 23.3 Å². The van der Waals surface area contributed by atoms with Crippen molar-refractivity contribution in [3.63, 3.8) is 0 Å². The molecule has 1 fully saturated rings. The molecule has 19 heavy (non-hydrogen) atoms. The topological polar surface area (TPSA) is 63.4 Å². The normalized spacial score (nSPS) is 19.9. The van der Waals surface area contributed by atoms with Crippen molar-refractivity contribution in [3.8, 4) is 0 Å². The number of benzene rings is 1. The largest absolute Gasteiger partial charge is 0.322 e. The molecule has 0 aromatic heterocycles. The Hall–Kier alpha value is -1.75. The number of nitrogens with two attached hydrogens (primary N) is 1. The van der Waals surface area contributed by atoms with E-state index in [1.165, 1.54) is 17.0 Å². The number of hydrogen-bond acceptors (Lipinski definition) is 3. The van der Waals surface area contributed by atoms with Crippen molar-refractivity contribution in [2.45, 2.75) is 26.3 Å². The lowest BCUT2D eigenvalue weighted by atomic mass is 9.92. The van der Waals surface area contributed by atoms with Gasteiger partial charge in [-0.2, -0.15) is 0 Å². The van der Waals surface area contributed by atoms with Gasteiger partial charge in [0.25, 0.3) is 0 Å². The fourth-order valence-corrected chi connectivity index (χ4v) is 2.25. The number of halogens is 1. The first-order chi connectivity index (χ1) is 8.81. The van der Waals surface area contributed by atoms with Gasteiger partial charge in [-0.15, -0.1) is 0 Å². The van der Waals surface area contributed by atoms with Crippen LogP contribution in [0.1, 0.15) is 31.9 Å². The summed E-state index contributed by atoms with van der Waals surface area (Å²) >= 11 is 0. The van der Waals surface area contributed by atoms with Crippen molar-refractivity contribution in [1.82, 2.24) is 4.90 Å². The van der Waals surface area contributed by atoms with Gasteiger partial charge in [-0.3, -0.25) is 14.5 Å². The molecule has 1 heterocycles. The van der Waals surface area contributed by atoms with E-state index in [1.807, 2.05) is 0 Å². The monoisotopic (exact) mass is 264 g/mol. The second kappa shape index (κ2) is 4.74. The lowest BCUT2D eigenvalue weighted by Gasteiger charge is -2.21. The number of rotatable bonds is 3. The maximum Gasteiger partial charge on any atom is 0.235 e. The Kier molecular flexibility index (Phi) is 3.41. The zero-order valence-corrected chi connectivity index (χ0v) is 11.0. The highest BCUT2D eigenvalue weighted by molar-refractivity contribution is 6.05. The molecule has 1 aromatic rings. The van der Waals surface area contributed by atoms with Crippen LogP contribution in [0.25, 0.3) is 0 Å². The first kappa shape index (κ1) is 13.7. The molecular formula is C14H17FN2O2. The van der Waals surface area contributed by atoms with Gasteiger partial charge in [-0.1, -0.05) is 26.0 Å². The SMILES string of the molecule is CC1(C)CC(=O)N(CC(N)c2cccc(F)c2)C1=O. The van der Waals surface area contributed by atoms with Gasteiger partial charge in [0.1, 0.15) is 5.82 Å². The maximum absolute atomic E-state index is 13.1. The van der Waals surface area contributed by atoms with E-state index in [0.717, 1.165) is 0 Å². The summed E-state index contributed by atoms with van der Waals surface area (Å²) in [5, 5.41) is 0. The summed E-state index contributed by atoms with van der Waals surface area (Å²) in [5.74, 6) is -0.821. The van der Waals surface area contributed by atoms with Crippen LogP contribution in [0.15, 0.2) is 24.3 Å². The molecule has 4 nitrogen and oxygen atoms in total.